The van der Waals surface area contributed by atoms with Crippen LogP contribution in [0.4, 0.5) is 0 Å². The maximum atomic E-state index is 6.93. The topological polar surface area (TPSA) is 27.7 Å². The number of methoxy groups -OCH3 is 2. The van der Waals surface area contributed by atoms with Crippen LogP contribution < -0.4 is 9.47 Å². The highest BCUT2D eigenvalue weighted by molar-refractivity contribution is 5.97. The molecule has 0 unspecified atom stereocenters. The number of ether oxygens (including phenoxy) is 3. The van der Waals surface area contributed by atoms with E-state index in [1.165, 1.54) is 33.4 Å². The summed E-state index contributed by atoms with van der Waals surface area (Å²) in [7, 11) is 3.57. The standard InChI is InChI=1S/C30H24O3/c1-31-27-19-13-7-8-14-20(19)28(32-2)26-25(27)29-23-21-15-9-3-5-11-17(15)22(24(23)30(26)33-29)18-12-6-4-10-16(18)21/h3-14,21-24,29-30H,1-2H3/t21?,22?,23-,24+,29-,30+. The van der Waals surface area contributed by atoms with Crippen LogP contribution in [0.1, 0.15) is 57.4 Å². The van der Waals surface area contributed by atoms with E-state index in [9.17, 15) is 0 Å². The van der Waals surface area contributed by atoms with Crippen molar-refractivity contribution in [3.05, 3.63) is 106 Å². The molecular formula is C30H24O3. The molecule has 0 saturated carbocycles. The Balaban J connectivity index is 1.44. The largest absolute Gasteiger partial charge is 0.496 e. The molecule has 0 spiro atoms. The molecule has 0 N–H and O–H groups in total. The van der Waals surface area contributed by atoms with Gasteiger partial charge in [0.2, 0.25) is 0 Å². The summed E-state index contributed by atoms with van der Waals surface area (Å²) in [6.45, 7) is 0. The molecule has 1 saturated heterocycles. The van der Waals surface area contributed by atoms with Crippen molar-refractivity contribution < 1.29 is 14.2 Å². The van der Waals surface area contributed by atoms with E-state index < -0.39 is 0 Å². The second kappa shape index (κ2) is 6.18. The van der Waals surface area contributed by atoms with Crippen molar-refractivity contribution in [3.8, 4) is 11.5 Å². The van der Waals surface area contributed by atoms with E-state index in [1.54, 1.807) is 14.2 Å². The highest BCUT2D eigenvalue weighted by atomic mass is 16.5. The van der Waals surface area contributed by atoms with Gasteiger partial charge in [-0.25, -0.2) is 0 Å². The second-order valence-corrected chi connectivity index (χ2v) is 9.78. The van der Waals surface area contributed by atoms with Crippen molar-refractivity contribution in [2.24, 2.45) is 11.8 Å². The van der Waals surface area contributed by atoms with Gasteiger partial charge in [0.25, 0.3) is 0 Å². The van der Waals surface area contributed by atoms with Gasteiger partial charge in [0.1, 0.15) is 11.5 Å². The SMILES string of the molecule is COc1c2c(c(OC)c3ccccc13)[C@@H]1O[C@H]2[C@H]2C3c4ccccc4C(c4ccccc43)[C@H]21. The second-order valence-electron chi connectivity index (χ2n) is 9.78. The van der Waals surface area contributed by atoms with E-state index in [1.807, 2.05) is 0 Å². The predicted octanol–water partition coefficient (Wildman–Crippen LogP) is 6.51. The van der Waals surface area contributed by atoms with Crippen LogP contribution in [0, 0.1) is 11.8 Å². The molecule has 9 rings (SSSR count). The van der Waals surface area contributed by atoms with Gasteiger partial charge in [-0.15, -0.1) is 0 Å². The molecular weight excluding hydrogens is 408 g/mol. The van der Waals surface area contributed by atoms with Crippen molar-refractivity contribution in [2.75, 3.05) is 14.2 Å². The van der Waals surface area contributed by atoms with Crippen LogP contribution in [0.5, 0.6) is 11.5 Å². The highest BCUT2D eigenvalue weighted by Gasteiger charge is 2.64. The molecule has 0 amide bonds. The number of rotatable bonds is 2. The number of hydrogen-bond acceptors (Lipinski definition) is 3. The Morgan fingerprint density at radius 2 is 0.909 bits per heavy atom. The normalized spacial score (nSPS) is 29.4. The van der Waals surface area contributed by atoms with E-state index in [4.69, 9.17) is 14.2 Å². The zero-order valence-electron chi connectivity index (χ0n) is 18.6. The minimum atomic E-state index is 0.0117. The van der Waals surface area contributed by atoms with Crippen LogP contribution in [0.25, 0.3) is 10.8 Å². The average molecular weight is 433 g/mol. The fourth-order valence-corrected chi connectivity index (χ4v) is 7.80. The summed E-state index contributed by atoms with van der Waals surface area (Å²) in [5, 5.41) is 2.20. The van der Waals surface area contributed by atoms with Gasteiger partial charge in [-0.05, 0) is 22.3 Å². The summed E-state index contributed by atoms with van der Waals surface area (Å²) in [6.07, 6.45) is 0.0235. The van der Waals surface area contributed by atoms with E-state index in [0.29, 0.717) is 23.7 Å². The maximum absolute atomic E-state index is 6.93. The number of fused-ring (bicyclic) bond motifs is 6. The number of hydrogen-bond donors (Lipinski definition) is 0. The lowest BCUT2D eigenvalue weighted by Gasteiger charge is -2.51. The Hall–Kier alpha value is -3.30. The van der Waals surface area contributed by atoms with Crippen LogP contribution >= 0.6 is 0 Å². The molecule has 2 aliphatic heterocycles. The lowest BCUT2D eigenvalue weighted by molar-refractivity contribution is 0.0519. The monoisotopic (exact) mass is 432 g/mol. The van der Waals surface area contributed by atoms with Gasteiger partial charge in [0.05, 0.1) is 26.4 Å². The molecule has 4 bridgehead atoms. The maximum Gasteiger partial charge on any atom is 0.133 e. The molecule has 2 heterocycles. The predicted molar refractivity (Wildman–Crippen MR) is 127 cm³/mol. The Morgan fingerprint density at radius 1 is 0.545 bits per heavy atom. The first-order valence-corrected chi connectivity index (χ1v) is 11.8. The highest BCUT2D eigenvalue weighted by Crippen LogP contribution is 2.74. The minimum Gasteiger partial charge on any atom is -0.496 e. The first kappa shape index (κ1) is 18.2. The van der Waals surface area contributed by atoms with E-state index in [-0.39, 0.29) is 12.2 Å². The Kier molecular flexibility index (Phi) is 3.40. The van der Waals surface area contributed by atoms with Gasteiger partial charge in [-0.3, -0.25) is 0 Å². The molecule has 4 atom stereocenters. The van der Waals surface area contributed by atoms with Crippen LogP contribution in [0.15, 0.2) is 72.8 Å². The smallest absolute Gasteiger partial charge is 0.133 e. The third kappa shape index (κ3) is 1.98. The summed E-state index contributed by atoms with van der Waals surface area (Å²) in [5.41, 5.74) is 8.33. The van der Waals surface area contributed by atoms with Gasteiger partial charge in [0.15, 0.2) is 0 Å². The van der Waals surface area contributed by atoms with Gasteiger partial charge < -0.3 is 14.2 Å². The Bertz CT molecular complexity index is 1320. The minimum absolute atomic E-state index is 0.0117. The summed E-state index contributed by atoms with van der Waals surface area (Å²) in [4.78, 5) is 0. The van der Waals surface area contributed by atoms with E-state index in [2.05, 4.69) is 72.8 Å². The summed E-state index contributed by atoms with van der Waals surface area (Å²) >= 11 is 0. The van der Waals surface area contributed by atoms with Crippen LogP contribution in [0.3, 0.4) is 0 Å². The molecule has 33 heavy (non-hydrogen) atoms. The molecule has 0 aromatic heterocycles. The van der Waals surface area contributed by atoms with Crippen LogP contribution in [-0.2, 0) is 4.74 Å². The van der Waals surface area contributed by atoms with Gasteiger partial charge in [-0.2, -0.15) is 0 Å². The Labute approximate surface area is 192 Å². The average Bonchev–Trinajstić information content (AvgIpc) is 3.45. The first-order valence-electron chi connectivity index (χ1n) is 11.8. The molecule has 3 heteroatoms. The number of benzene rings is 4. The molecule has 162 valence electrons. The summed E-state index contributed by atoms with van der Waals surface area (Å²) < 4.78 is 19.1. The quantitative estimate of drug-likeness (QED) is 0.362. The lowest BCUT2D eigenvalue weighted by atomic mass is 9.50. The zero-order chi connectivity index (χ0) is 21.8. The molecule has 4 aromatic carbocycles. The van der Waals surface area contributed by atoms with Crippen molar-refractivity contribution in [2.45, 2.75) is 24.0 Å². The molecule has 4 aromatic rings. The zero-order valence-corrected chi connectivity index (χ0v) is 18.6. The molecule has 3 nitrogen and oxygen atoms in total. The van der Waals surface area contributed by atoms with Gasteiger partial charge in [0, 0.05) is 45.6 Å². The van der Waals surface area contributed by atoms with Gasteiger partial charge >= 0.3 is 0 Å². The molecule has 5 aliphatic rings. The fourth-order valence-electron chi connectivity index (χ4n) is 7.80. The fraction of sp³-hybridized carbons (Fsp3) is 0.267. The third-order valence-electron chi connectivity index (χ3n) is 8.71. The Morgan fingerprint density at radius 3 is 1.27 bits per heavy atom. The molecule has 0 radical (unpaired) electrons. The van der Waals surface area contributed by atoms with Crippen molar-refractivity contribution in [3.63, 3.8) is 0 Å². The lowest BCUT2D eigenvalue weighted by Crippen LogP contribution is -2.42. The van der Waals surface area contributed by atoms with E-state index >= 15 is 0 Å². The third-order valence-corrected chi connectivity index (χ3v) is 8.71. The van der Waals surface area contributed by atoms with Crippen molar-refractivity contribution >= 4 is 10.8 Å². The van der Waals surface area contributed by atoms with Crippen LogP contribution in [0.2, 0.25) is 0 Å². The first-order chi connectivity index (χ1) is 16.3. The molecule has 3 aliphatic carbocycles. The molecule has 1 fully saturated rings. The summed E-state index contributed by atoms with van der Waals surface area (Å²) in [5.74, 6) is 3.40. The van der Waals surface area contributed by atoms with E-state index in [0.717, 1.165) is 22.3 Å². The van der Waals surface area contributed by atoms with Gasteiger partial charge in [-0.1, -0.05) is 72.8 Å². The van der Waals surface area contributed by atoms with Crippen LogP contribution in [-0.4, -0.2) is 14.2 Å². The summed E-state index contributed by atoms with van der Waals surface area (Å²) in [6, 6.07) is 26.5. The van der Waals surface area contributed by atoms with Crippen molar-refractivity contribution in [1.82, 2.24) is 0 Å². The van der Waals surface area contributed by atoms with Crippen molar-refractivity contribution in [1.29, 1.82) is 0 Å².